The van der Waals surface area contributed by atoms with Crippen molar-refractivity contribution in [2.75, 3.05) is 11.9 Å². The molecule has 1 N–H and O–H groups in total. The van der Waals surface area contributed by atoms with Crippen LogP contribution in [-0.2, 0) is 22.6 Å². The van der Waals surface area contributed by atoms with Crippen molar-refractivity contribution in [3.8, 4) is 16.9 Å². The van der Waals surface area contributed by atoms with Crippen LogP contribution >= 0.6 is 0 Å². The Labute approximate surface area is 234 Å². The standard InChI is InChI=1S/C34H32N4O2/c1-25-18-19-30(20-26(25)2)38-23-31(29-16-10-5-11-17-29)35-34(38)36-32(39)24-37(22-28-14-8-4-9-15-28)33(40)21-27-12-6-3-7-13-27/h3-20,23H,21-22,24H2,1-2H3,(H,35,36,39). The van der Waals surface area contributed by atoms with E-state index < -0.39 is 0 Å². The van der Waals surface area contributed by atoms with Crippen LogP contribution < -0.4 is 5.32 Å². The lowest BCUT2D eigenvalue weighted by Crippen LogP contribution is -2.38. The van der Waals surface area contributed by atoms with Gasteiger partial charge in [0.05, 0.1) is 12.1 Å². The maximum atomic E-state index is 13.5. The Morgan fingerprint density at radius 1 is 0.775 bits per heavy atom. The molecule has 40 heavy (non-hydrogen) atoms. The van der Waals surface area contributed by atoms with Crippen LogP contribution in [0.2, 0.25) is 0 Å². The van der Waals surface area contributed by atoms with Crippen LogP contribution in [-0.4, -0.2) is 32.8 Å². The largest absolute Gasteiger partial charge is 0.329 e. The van der Waals surface area contributed by atoms with Crippen molar-refractivity contribution in [2.24, 2.45) is 0 Å². The smallest absolute Gasteiger partial charge is 0.246 e. The molecule has 4 aromatic carbocycles. The molecule has 0 spiro atoms. The summed E-state index contributed by atoms with van der Waals surface area (Å²) in [5, 5.41) is 2.99. The minimum atomic E-state index is -0.312. The Balaban J connectivity index is 1.42. The lowest BCUT2D eigenvalue weighted by atomic mass is 10.1. The van der Waals surface area contributed by atoms with E-state index in [1.165, 1.54) is 5.56 Å². The number of carbonyl (C=O) groups excluding carboxylic acids is 2. The van der Waals surface area contributed by atoms with Crippen molar-refractivity contribution < 1.29 is 9.59 Å². The molecule has 0 saturated carbocycles. The zero-order valence-electron chi connectivity index (χ0n) is 22.7. The number of nitrogens with one attached hydrogen (secondary N) is 1. The third kappa shape index (κ3) is 6.53. The molecule has 0 radical (unpaired) electrons. The number of aromatic nitrogens is 2. The molecule has 0 saturated heterocycles. The first-order valence-corrected chi connectivity index (χ1v) is 13.3. The third-order valence-corrected chi connectivity index (χ3v) is 6.90. The van der Waals surface area contributed by atoms with Gasteiger partial charge in [-0.25, -0.2) is 4.98 Å². The van der Waals surface area contributed by atoms with Gasteiger partial charge in [-0.2, -0.15) is 0 Å². The van der Waals surface area contributed by atoms with Crippen molar-refractivity contribution >= 4 is 17.8 Å². The quantitative estimate of drug-likeness (QED) is 0.242. The van der Waals surface area contributed by atoms with Gasteiger partial charge >= 0.3 is 0 Å². The number of rotatable bonds is 9. The van der Waals surface area contributed by atoms with Gasteiger partial charge in [0.25, 0.3) is 0 Å². The van der Waals surface area contributed by atoms with Crippen molar-refractivity contribution in [2.45, 2.75) is 26.8 Å². The highest BCUT2D eigenvalue weighted by molar-refractivity contribution is 5.94. The van der Waals surface area contributed by atoms with Gasteiger partial charge in [0, 0.05) is 24.0 Å². The van der Waals surface area contributed by atoms with Gasteiger partial charge in [0.2, 0.25) is 17.8 Å². The van der Waals surface area contributed by atoms with Crippen LogP contribution in [0.4, 0.5) is 5.95 Å². The minimum Gasteiger partial charge on any atom is -0.329 e. The molecule has 6 nitrogen and oxygen atoms in total. The zero-order valence-corrected chi connectivity index (χ0v) is 22.7. The summed E-state index contributed by atoms with van der Waals surface area (Å²) in [7, 11) is 0. The van der Waals surface area contributed by atoms with Gasteiger partial charge in [-0.1, -0.05) is 97.1 Å². The molecule has 0 bridgehead atoms. The summed E-state index contributed by atoms with van der Waals surface area (Å²) < 4.78 is 1.89. The minimum absolute atomic E-state index is 0.0962. The second kappa shape index (κ2) is 12.3. The lowest BCUT2D eigenvalue weighted by Gasteiger charge is -2.22. The number of benzene rings is 4. The summed E-state index contributed by atoms with van der Waals surface area (Å²) in [5.74, 6) is -0.0254. The summed E-state index contributed by atoms with van der Waals surface area (Å²) >= 11 is 0. The van der Waals surface area contributed by atoms with Gasteiger partial charge in [-0.3, -0.25) is 19.5 Å². The monoisotopic (exact) mass is 528 g/mol. The van der Waals surface area contributed by atoms with E-state index in [1.807, 2.05) is 108 Å². The van der Waals surface area contributed by atoms with E-state index in [4.69, 9.17) is 4.98 Å². The molecule has 200 valence electrons. The Hall–Kier alpha value is -4.97. The highest BCUT2D eigenvalue weighted by Gasteiger charge is 2.20. The molecule has 1 aromatic heterocycles. The van der Waals surface area contributed by atoms with Gasteiger partial charge in [0.1, 0.15) is 6.54 Å². The number of imidazole rings is 1. The SMILES string of the molecule is Cc1ccc(-n2cc(-c3ccccc3)nc2NC(=O)CN(Cc2ccccc2)C(=O)Cc2ccccc2)cc1C. The molecule has 2 amide bonds. The van der Waals surface area contributed by atoms with Crippen molar-refractivity contribution in [1.82, 2.24) is 14.5 Å². The number of amides is 2. The summed E-state index contributed by atoms with van der Waals surface area (Å²) in [6.45, 7) is 4.37. The summed E-state index contributed by atoms with van der Waals surface area (Å²) in [6.07, 6.45) is 2.15. The van der Waals surface area contributed by atoms with Crippen LogP contribution in [0.25, 0.3) is 16.9 Å². The third-order valence-electron chi connectivity index (χ3n) is 6.90. The molecule has 0 aliphatic heterocycles. The van der Waals surface area contributed by atoms with E-state index in [2.05, 4.69) is 31.3 Å². The van der Waals surface area contributed by atoms with Gasteiger partial charge in [-0.15, -0.1) is 0 Å². The topological polar surface area (TPSA) is 67.2 Å². The van der Waals surface area contributed by atoms with Gasteiger partial charge < -0.3 is 4.90 Å². The van der Waals surface area contributed by atoms with E-state index in [0.717, 1.165) is 33.6 Å². The molecule has 5 aromatic rings. The fourth-order valence-corrected chi connectivity index (χ4v) is 4.54. The Kier molecular flexibility index (Phi) is 8.16. The first kappa shape index (κ1) is 26.6. The molecule has 5 rings (SSSR count). The molecule has 0 aliphatic rings. The average Bonchev–Trinajstić information content (AvgIpc) is 3.39. The number of carbonyl (C=O) groups is 2. The first-order valence-electron chi connectivity index (χ1n) is 13.3. The second-order valence-corrected chi connectivity index (χ2v) is 9.90. The Bertz CT molecular complexity index is 1600. The predicted molar refractivity (Wildman–Crippen MR) is 159 cm³/mol. The second-order valence-electron chi connectivity index (χ2n) is 9.90. The van der Waals surface area contributed by atoms with E-state index in [-0.39, 0.29) is 24.8 Å². The van der Waals surface area contributed by atoms with E-state index in [1.54, 1.807) is 4.90 Å². The van der Waals surface area contributed by atoms with Crippen molar-refractivity contribution in [3.63, 3.8) is 0 Å². The molecule has 6 heteroatoms. The number of anilines is 1. The first-order chi connectivity index (χ1) is 19.5. The van der Waals surface area contributed by atoms with Crippen LogP contribution in [0.3, 0.4) is 0 Å². The molecular formula is C34H32N4O2. The van der Waals surface area contributed by atoms with E-state index in [9.17, 15) is 9.59 Å². The van der Waals surface area contributed by atoms with Gasteiger partial charge in [-0.05, 0) is 48.2 Å². The molecule has 0 atom stereocenters. The maximum absolute atomic E-state index is 13.5. The molecular weight excluding hydrogens is 496 g/mol. The Morgan fingerprint density at radius 3 is 2.05 bits per heavy atom. The van der Waals surface area contributed by atoms with Crippen LogP contribution in [0.5, 0.6) is 0 Å². The Morgan fingerprint density at radius 2 is 1.40 bits per heavy atom. The summed E-state index contributed by atoms with van der Waals surface area (Å²) in [5.41, 5.74) is 6.79. The molecule has 0 aliphatic carbocycles. The summed E-state index contributed by atoms with van der Waals surface area (Å²) in [4.78, 5) is 33.2. The molecule has 0 fully saturated rings. The highest BCUT2D eigenvalue weighted by atomic mass is 16.2. The lowest BCUT2D eigenvalue weighted by molar-refractivity contribution is -0.134. The fourth-order valence-electron chi connectivity index (χ4n) is 4.54. The van der Waals surface area contributed by atoms with E-state index >= 15 is 0 Å². The van der Waals surface area contributed by atoms with Crippen LogP contribution in [0.1, 0.15) is 22.3 Å². The molecule has 1 heterocycles. The molecule has 0 unspecified atom stereocenters. The van der Waals surface area contributed by atoms with Crippen LogP contribution in [0, 0.1) is 13.8 Å². The normalized spacial score (nSPS) is 10.8. The number of hydrogen-bond donors (Lipinski definition) is 1. The fraction of sp³-hybridized carbons (Fsp3) is 0.147. The maximum Gasteiger partial charge on any atom is 0.246 e. The summed E-state index contributed by atoms with van der Waals surface area (Å²) in [6, 6.07) is 35.3. The van der Waals surface area contributed by atoms with E-state index in [0.29, 0.717) is 12.5 Å². The zero-order chi connectivity index (χ0) is 27.9. The van der Waals surface area contributed by atoms with Gasteiger partial charge in [0.15, 0.2) is 0 Å². The van der Waals surface area contributed by atoms with Crippen molar-refractivity contribution in [1.29, 1.82) is 0 Å². The predicted octanol–water partition coefficient (Wildman–Crippen LogP) is 6.37. The number of nitrogens with zero attached hydrogens (tertiary/aromatic N) is 3. The van der Waals surface area contributed by atoms with Crippen LogP contribution in [0.15, 0.2) is 115 Å². The number of aryl methyl sites for hydroxylation is 2. The van der Waals surface area contributed by atoms with Crippen molar-refractivity contribution in [3.05, 3.63) is 138 Å². The average molecular weight is 529 g/mol. The highest BCUT2D eigenvalue weighted by Crippen LogP contribution is 2.25. The number of hydrogen-bond acceptors (Lipinski definition) is 3.